The molecule has 0 aliphatic heterocycles. The van der Waals surface area contributed by atoms with Crippen LogP contribution in [0.25, 0.3) is 0 Å². The summed E-state index contributed by atoms with van der Waals surface area (Å²) in [6, 6.07) is 15.0. The van der Waals surface area contributed by atoms with Crippen molar-refractivity contribution >= 4 is 27.5 Å². The van der Waals surface area contributed by atoms with Gasteiger partial charge in [0.1, 0.15) is 0 Å². The second-order valence-corrected chi connectivity index (χ2v) is 7.57. The Kier molecular flexibility index (Phi) is 4.61. The van der Waals surface area contributed by atoms with Crippen LogP contribution in [0.15, 0.2) is 42.5 Å². The fourth-order valence-electron chi connectivity index (χ4n) is 2.17. The lowest BCUT2D eigenvalue weighted by Crippen LogP contribution is -2.10. The van der Waals surface area contributed by atoms with Crippen LogP contribution in [0.5, 0.6) is 0 Å². The van der Waals surface area contributed by atoms with E-state index in [9.17, 15) is 0 Å². The lowest BCUT2D eigenvalue weighted by molar-refractivity contribution is 0.590. The molecule has 0 saturated heterocycles. The van der Waals surface area contributed by atoms with Crippen LogP contribution in [0, 0.1) is 6.92 Å². The number of aryl methyl sites for hydroxylation is 1. The van der Waals surface area contributed by atoms with E-state index in [0.717, 1.165) is 10.6 Å². The van der Waals surface area contributed by atoms with Crippen LogP contribution in [-0.2, 0) is 5.41 Å². The van der Waals surface area contributed by atoms with Gasteiger partial charge in [-0.25, -0.2) is 0 Å². The second-order valence-electron chi connectivity index (χ2n) is 6.24. The molecule has 2 aromatic carbocycles. The molecule has 2 rings (SSSR count). The monoisotopic (exact) mass is 350 g/mol. The molecule has 0 aliphatic rings. The maximum absolute atomic E-state index is 6.09. The van der Waals surface area contributed by atoms with Gasteiger partial charge in [0.25, 0.3) is 0 Å². The summed E-state index contributed by atoms with van der Waals surface area (Å²) in [5.74, 6) is 0. The highest BCUT2D eigenvalue weighted by Crippen LogP contribution is 2.33. The van der Waals surface area contributed by atoms with E-state index in [1.54, 1.807) is 0 Å². The lowest BCUT2D eigenvalue weighted by atomic mass is 9.86. The molecule has 0 aliphatic carbocycles. The van der Waals surface area contributed by atoms with Crippen molar-refractivity contribution in [2.45, 2.75) is 37.9 Å². The largest absolute Gasteiger partial charge is 0.0841 e. The van der Waals surface area contributed by atoms with Gasteiger partial charge in [-0.05, 0) is 40.7 Å². The third kappa shape index (κ3) is 3.45. The van der Waals surface area contributed by atoms with E-state index >= 15 is 0 Å². The number of hydrogen-bond donors (Lipinski definition) is 0. The van der Waals surface area contributed by atoms with E-state index in [1.807, 2.05) is 13.0 Å². The first kappa shape index (κ1) is 15.6. The minimum absolute atomic E-state index is 0.192. The average Bonchev–Trinajstić information content (AvgIpc) is 2.40. The van der Waals surface area contributed by atoms with Gasteiger partial charge in [0.05, 0.1) is 4.83 Å². The zero-order valence-corrected chi connectivity index (χ0v) is 14.7. The summed E-state index contributed by atoms with van der Waals surface area (Å²) < 4.78 is 0. The molecule has 0 saturated carbocycles. The smallest absolute Gasteiger partial charge is 0.0644 e. The predicted molar refractivity (Wildman–Crippen MR) is 92.1 cm³/mol. The first-order chi connectivity index (χ1) is 9.29. The zero-order valence-electron chi connectivity index (χ0n) is 12.4. The van der Waals surface area contributed by atoms with Gasteiger partial charge in [-0.1, -0.05) is 84.7 Å². The van der Waals surface area contributed by atoms with Crippen LogP contribution in [0.2, 0.25) is 5.02 Å². The molecule has 1 unspecified atom stereocenters. The van der Waals surface area contributed by atoms with E-state index in [0.29, 0.717) is 0 Å². The lowest BCUT2D eigenvalue weighted by Gasteiger charge is -2.20. The molecule has 2 heteroatoms. The van der Waals surface area contributed by atoms with E-state index < -0.39 is 0 Å². The minimum Gasteiger partial charge on any atom is -0.0841 e. The van der Waals surface area contributed by atoms with Crippen molar-refractivity contribution in [2.24, 2.45) is 0 Å². The Morgan fingerprint density at radius 1 is 0.950 bits per heavy atom. The Morgan fingerprint density at radius 2 is 1.50 bits per heavy atom. The van der Waals surface area contributed by atoms with Crippen LogP contribution in [0.1, 0.15) is 47.9 Å². The van der Waals surface area contributed by atoms with Crippen LogP contribution >= 0.6 is 27.5 Å². The SMILES string of the molecule is Cc1cc(C(Br)c2ccc(C(C)(C)C)cc2)ccc1Cl. The van der Waals surface area contributed by atoms with E-state index in [-0.39, 0.29) is 10.2 Å². The standard InChI is InChI=1S/C18H20BrCl/c1-12-11-14(7-10-16(12)20)17(19)13-5-8-15(9-6-13)18(2,3)4/h5-11,17H,1-4H3. The van der Waals surface area contributed by atoms with Crippen molar-refractivity contribution in [3.63, 3.8) is 0 Å². The first-order valence-electron chi connectivity index (χ1n) is 6.79. The molecule has 0 N–H and O–H groups in total. The highest BCUT2D eigenvalue weighted by atomic mass is 79.9. The molecule has 1 atom stereocenters. The van der Waals surface area contributed by atoms with Crippen molar-refractivity contribution in [1.29, 1.82) is 0 Å². The van der Waals surface area contributed by atoms with Crippen molar-refractivity contribution in [1.82, 2.24) is 0 Å². The minimum atomic E-state index is 0.192. The summed E-state index contributed by atoms with van der Waals surface area (Å²) >= 11 is 9.87. The van der Waals surface area contributed by atoms with E-state index in [1.165, 1.54) is 16.7 Å². The van der Waals surface area contributed by atoms with Crippen LogP contribution in [-0.4, -0.2) is 0 Å². The molecule has 0 fully saturated rings. The summed E-state index contributed by atoms with van der Waals surface area (Å²) in [6.45, 7) is 8.73. The Morgan fingerprint density at radius 3 is 2.00 bits per heavy atom. The van der Waals surface area contributed by atoms with Gasteiger partial charge in [-0.2, -0.15) is 0 Å². The molecular formula is C18H20BrCl. The summed E-state index contributed by atoms with van der Waals surface area (Å²) in [7, 11) is 0. The van der Waals surface area contributed by atoms with Gasteiger partial charge < -0.3 is 0 Å². The molecule has 0 aromatic heterocycles. The van der Waals surface area contributed by atoms with Gasteiger partial charge in [0, 0.05) is 5.02 Å². The Bertz CT molecular complexity index is 594. The normalized spacial score (nSPS) is 13.3. The molecule has 0 heterocycles. The zero-order chi connectivity index (χ0) is 14.9. The number of halogens is 2. The van der Waals surface area contributed by atoms with Gasteiger partial charge in [0.2, 0.25) is 0 Å². The summed E-state index contributed by atoms with van der Waals surface area (Å²) in [5.41, 5.74) is 5.15. The van der Waals surface area contributed by atoms with E-state index in [2.05, 4.69) is 73.1 Å². The van der Waals surface area contributed by atoms with Gasteiger partial charge in [-0.15, -0.1) is 0 Å². The van der Waals surface area contributed by atoms with Gasteiger partial charge in [0.15, 0.2) is 0 Å². The number of benzene rings is 2. The predicted octanol–water partition coefficient (Wildman–Crippen LogP) is 6.43. The van der Waals surface area contributed by atoms with Crippen LogP contribution in [0.4, 0.5) is 0 Å². The fraction of sp³-hybridized carbons (Fsp3) is 0.333. The topological polar surface area (TPSA) is 0 Å². The molecule has 20 heavy (non-hydrogen) atoms. The fourth-order valence-corrected chi connectivity index (χ4v) is 2.88. The van der Waals surface area contributed by atoms with Gasteiger partial charge >= 0.3 is 0 Å². The molecule has 2 aromatic rings. The van der Waals surface area contributed by atoms with E-state index in [4.69, 9.17) is 11.6 Å². The summed E-state index contributed by atoms with van der Waals surface area (Å²) in [4.78, 5) is 0.201. The van der Waals surface area contributed by atoms with Crippen molar-refractivity contribution < 1.29 is 0 Å². The first-order valence-corrected chi connectivity index (χ1v) is 8.09. The van der Waals surface area contributed by atoms with Crippen molar-refractivity contribution in [3.05, 3.63) is 69.7 Å². The maximum atomic E-state index is 6.09. The molecule has 0 bridgehead atoms. The van der Waals surface area contributed by atoms with Crippen molar-refractivity contribution in [3.8, 4) is 0 Å². The Balaban J connectivity index is 2.29. The highest BCUT2D eigenvalue weighted by molar-refractivity contribution is 9.09. The number of alkyl halides is 1. The number of rotatable bonds is 2. The van der Waals surface area contributed by atoms with Crippen LogP contribution in [0.3, 0.4) is 0 Å². The molecule has 0 spiro atoms. The third-order valence-electron chi connectivity index (χ3n) is 3.54. The Labute approximate surface area is 135 Å². The molecule has 106 valence electrons. The summed E-state index contributed by atoms with van der Waals surface area (Å²) in [5, 5.41) is 0.816. The average molecular weight is 352 g/mol. The third-order valence-corrected chi connectivity index (χ3v) is 5.03. The molecule has 0 radical (unpaired) electrons. The maximum Gasteiger partial charge on any atom is 0.0644 e. The van der Waals surface area contributed by atoms with Crippen LogP contribution < -0.4 is 0 Å². The highest BCUT2D eigenvalue weighted by Gasteiger charge is 2.15. The van der Waals surface area contributed by atoms with Crippen molar-refractivity contribution in [2.75, 3.05) is 0 Å². The second kappa shape index (κ2) is 5.91. The number of hydrogen-bond acceptors (Lipinski definition) is 0. The summed E-state index contributed by atoms with van der Waals surface area (Å²) in [6.07, 6.45) is 0. The molecule has 0 amide bonds. The van der Waals surface area contributed by atoms with Gasteiger partial charge in [-0.3, -0.25) is 0 Å². The molecule has 0 nitrogen and oxygen atoms in total. The molecular weight excluding hydrogens is 332 g/mol. The Hall–Kier alpha value is -0.790. The quantitative estimate of drug-likeness (QED) is 0.547.